The minimum Gasteiger partial charge on any atom is -0.497 e. The smallest absolute Gasteiger partial charge is 0.365 e. The molecule has 1 aliphatic rings. The molecule has 1 saturated carbocycles. The Morgan fingerprint density at radius 1 is 0.933 bits per heavy atom. The van der Waals surface area contributed by atoms with E-state index in [0.717, 1.165) is 12.0 Å². The molecule has 0 radical (unpaired) electrons. The fourth-order valence-electron chi connectivity index (χ4n) is 3.50. The average Bonchev–Trinajstić information content (AvgIpc) is 3.56. The van der Waals surface area contributed by atoms with Crippen LogP contribution in [0.5, 0.6) is 5.75 Å². The molecule has 0 aromatic heterocycles. The molecule has 30 heavy (non-hydrogen) atoms. The number of hydrogen-bond acceptors (Lipinski definition) is 4. The number of hydrogen-bond donors (Lipinski definition) is 0. The summed E-state index contributed by atoms with van der Waals surface area (Å²) in [6, 6.07) is 21.1. The predicted molar refractivity (Wildman–Crippen MR) is 113 cm³/mol. The Bertz CT molecular complexity index is 1060. The van der Waals surface area contributed by atoms with Crippen molar-refractivity contribution in [2.75, 3.05) is 7.11 Å². The van der Waals surface area contributed by atoms with Crippen molar-refractivity contribution in [1.29, 1.82) is 0 Å². The Hall–Kier alpha value is -3.47. The molecular weight excluding hydrogens is 381 g/mol. The van der Waals surface area contributed by atoms with E-state index >= 15 is 0 Å². The van der Waals surface area contributed by atoms with E-state index in [9.17, 15) is 9.18 Å². The van der Waals surface area contributed by atoms with Crippen LogP contribution in [0.25, 0.3) is 0 Å². The van der Waals surface area contributed by atoms with Crippen LogP contribution in [-0.4, -0.2) is 18.8 Å². The van der Waals surface area contributed by atoms with Gasteiger partial charge in [-0.15, -0.1) is 0 Å². The number of aryl methyl sites for hydroxylation is 1. The molecule has 0 bridgehead atoms. The van der Waals surface area contributed by atoms with Gasteiger partial charge in [0.05, 0.1) is 18.4 Å². The third-order valence-corrected chi connectivity index (χ3v) is 5.34. The maximum atomic E-state index is 13.4. The number of rotatable bonds is 6. The van der Waals surface area contributed by atoms with Crippen LogP contribution in [0.4, 0.5) is 4.39 Å². The van der Waals surface area contributed by atoms with Crippen molar-refractivity contribution < 1.29 is 18.8 Å². The van der Waals surface area contributed by atoms with Crippen LogP contribution >= 0.6 is 0 Å². The number of halogens is 1. The molecule has 0 unspecified atom stereocenters. The van der Waals surface area contributed by atoms with Crippen LogP contribution in [0, 0.1) is 18.7 Å². The van der Waals surface area contributed by atoms with Crippen molar-refractivity contribution in [2.45, 2.75) is 19.3 Å². The van der Waals surface area contributed by atoms with Crippen LogP contribution < -0.4 is 4.74 Å². The summed E-state index contributed by atoms with van der Waals surface area (Å²) < 4.78 is 18.5. The highest BCUT2D eigenvalue weighted by molar-refractivity contribution is 6.04. The van der Waals surface area contributed by atoms with Gasteiger partial charge in [-0.05, 0) is 66.8 Å². The molecule has 0 spiro atoms. The van der Waals surface area contributed by atoms with Gasteiger partial charge in [0.2, 0.25) is 0 Å². The van der Waals surface area contributed by atoms with Gasteiger partial charge in [-0.2, -0.15) is 0 Å². The average molecular weight is 403 g/mol. The summed E-state index contributed by atoms with van der Waals surface area (Å²) >= 11 is 0. The second-order valence-corrected chi connectivity index (χ2v) is 7.45. The van der Waals surface area contributed by atoms with Gasteiger partial charge in [0.25, 0.3) is 0 Å². The molecule has 1 fully saturated rings. The van der Waals surface area contributed by atoms with Gasteiger partial charge >= 0.3 is 5.97 Å². The highest BCUT2D eigenvalue weighted by Gasteiger charge is 2.43. The van der Waals surface area contributed by atoms with Crippen molar-refractivity contribution in [2.24, 2.45) is 11.1 Å². The van der Waals surface area contributed by atoms with Crippen molar-refractivity contribution >= 4 is 11.7 Å². The first-order valence-electron chi connectivity index (χ1n) is 9.81. The number of oxime groups is 1. The molecule has 152 valence electrons. The zero-order valence-electron chi connectivity index (χ0n) is 16.8. The number of benzene rings is 3. The normalized spacial score (nSPS) is 18.0. The van der Waals surface area contributed by atoms with Crippen LogP contribution in [0.2, 0.25) is 0 Å². The van der Waals surface area contributed by atoms with Crippen molar-refractivity contribution in [1.82, 2.24) is 0 Å². The van der Waals surface area contributed by atoms with E-state index < -0.39 is 5.97 Å². The lowest BCUT2D eigenvalue weighted by atomic mass is 10.0. The fourth-order valence-corrected chi connectivity index (χ4v) is 3.50. The molecule has 1 aliphatic carbocycles. The lowest BCUT2D eigenvalue weighted by molar-refractivity contribution is 0.0515. The van der Waals surface area contributed by atoms with Crippen LogP contribution in [-0.2, 0) is 4.84 Å². The number of methoxy groups -OCH3 is 1. The van der Waals surface area contributed by atoms with Crippen molar-refractivity contribution in [3.05, 3.63) is 101 Å². The first-order valence-corrected chi connectivity index (χ1v) is 9.81. The second kappa shape index (κ2) is 8.49. The lowest BCUT2D eigenvalue weighted by Gasteiger charge is -2.08. The summed E-state index contributed by atoms with van der Waals surface area (Å²) in [7, 11) is 1.56. The minimum atomic E-state index is -0.551. The zero-order chi connectivity index (χ0) is 21.1. The Morgan fingerprint density at radius 3 is 2.20 bits per heavy atom. The largest absolute Gasteiger partial charge is 0.497 e. The maximum absolute atomic E-state index is 13.4. The number of carbonyl (C=O) groups excluding carboxylic acids is 1. The molecule has 2 atom stereocenters. The van der Waals surface area contributed by atoms with Gasteiger partial charge < -0.3 is 9.57 Å². The molecule has 3 aromatic carbocycles. The Kier molecular flexibility index (Phi) is 5.61. The van der Waals surface area contributed by atoms with Gasteiger partial charge in [-0.3, -0.25) is 0 Å². The van der Waals surface area contributed by atoms with Crippen molar-refractivity contribution in [3.8, 4) is 5.75 Å². The number of carbonyl (C=O) groups is 1. The third kappa shape index (κ3) is 4.40. The summed E-state index contributed by atoms with van der Waals surface area (Å²) in [6.45, 7) is 2.05. The highest BCUT2D eigenvalue weighted by Crippen LogP contribution is 2.49. The third-order valence-electron chi connectivity index (χ3n) is 5.34. The molecule has 0 aliphatic heterocycles. The topological polar surface area (TPSA) is 47.9 Å². The zero-order valence-corrected chi connectivity index (χ0v) is 16.8. The summed E-state index contributed by atoms with van der Waals surface area (Å²) in [5.74, 6) is 0.195. The highest BCUT2D eigenvalue weighted by atomic mass is 19.1. The molecule has 0 saturated heterocycles. The minimum absolute atomic E-state index is 0.113. The number of ether oxygens (including phenoxy) is 1. The molecule has 0 heterocycles. The van der Waals surface area contributed by atoms with Gasteiger partial charge in [-0.1, -0.05) is 47.1 Å². The Morgan fingerprint density at radius 2 is 1.57 bits per heavy atom. The summed E-state index contributed by atoms with van der Waals surface area (Å²) in [6.07, 6.45) is 0.902. The Balaban J connectivity index is 1.56. The standard InChI is InChI=1S/C25H22FNO3/c1-16-3-5-17(6-4-16)22-15-23(22)24(18-7-11-20(26)12-8-18)27-30-25(28)19-9-13-21(29-2)14-10-19/h3-14,22-23H,15H2,1-2H3/b27-24-/t22-,23+/m0/s1. The van der Waals surface area contributed by atoms with Gasteiger partial charge in [-0.25, -0.2) is 9.18 Å². The summed E-state index contributed by atoms with van der Waals surface area (Å²) in [5, 5.41) is 4.21. The van der Waals surface area contributed by atoms with E-state index in [1.54, 1.807) is 43.5 Å². The van der Waals surface area contributed by atoms with E-state index in [0.29, 0.717) is 22.9 Å². The van der Waals surface area contributed by atoms with E-state index in [1.807, 2.05) is 0 Å². The predicted octanol–water partition coefficient (Wildman–Crippen LogP) is 5.51. The molecule has 4 rings (SSSR count). The molecule has 5 heteroatoms. The quantitative estimate of drug-likeness (QED) is 0.310. The maximum Gasteiger partial charge on any atom is 0.365 e. The summed E-state index contributed by atoms with van der Waals surface area (Å²) in [4.78, 5) is 17.7. The summed E-state index contributed by atoms with van der Waals surface area (Å²) in [5.41, 5.74) is 4.21. The monoisotopic (exact) mass is 403 g/mol. The molecule has 0 amide bonds. The van der Waals surface area contributed by atoms with Gasteiger partial charge in [0.1, 0.15) is 11.6 Å². The van der Waals surface area contributed by atoms with Gasteiger partial charge in [0, 0.05) is 5.92 Å². The van der Waals surface area contributed by atoms with E-state index in [4.69, 9.17) is 9.57 Å². The van der Waals surface area contributed by atoms with Crippen molar-refractivity contribution in [3.63, 3.8) is 0 Å². The van der Waals surface area contributed by atoms with Gasteiger partial charge in [0.15, 0.2) is 0 Å². The van der Waals surface area contributed by atoms with E-state index in [2.05, 4.69) is 36.3 Å². The van der Waals surface area contributed by atoms with Crippen LogP contribution in [0.1, 0.15) is 39.4 Å². The second-order valence-electron chi connectivity index (χ2n) is 7.45. The first kappa shape index (κ1) is 19.8. The molecular formula is C25H22FNO3. The van der Waals surface area contributed by atoms with Crippen LogP contribution in [0.15, 0.2) is 78.0 Å². The number of nitrogens with zero attached hydrogens (tertiary/aromatic N) is 1. The van der Waals surface area contributed by atoms with E-state index in [-0.39, 0.29) is 11.7 Å². The van der Waals surface area contributed by atoms with Crippen LogP contribution in [0.3, 0.4) is 0 Å². The molecule has 4 nitrogen and oxygen atoms in total. The first-order chi connectivity index (χ1) is 14.5. The molecule has 0 N–H and O–H groups in total. The SMILES string of the molecule is COc1ccc(C(=O)O/N=C(/c2ccc(F)cc2)[C@@H]2C[C@H]2c2ccc(C)cc2)cc1. The fraction of sp³-hybridized carbons (Fsp3) is 0.200. The Labute approximate surface area is 174 Å². The molecule has 3 aromatic rings. The van der Waals surface area contributed by atoms with E-state index in [1.165, 1.54) is 23.3 Å². The lowest BCUT2D eigenvalue weighted by Crippen LogP contribution is -2.09.